The molecule has 17 heavy (non-hydrogen) atoms. The Morgan fingerprint density at radius 2 is 2.29 bits per heavy atom. The van der Waals surface area contributed by atoms with Gasteiger partial charge in [-0.2, -0.15) is 5.26 Å². The van der Waals surface area contributed by atoms with Crippen molar-refractivity contribution in [1.29, 1.82) is 5.26 Å². The van der Waals surface area contributed by atoms with Gasteiger partial charge >= 0.3 is 0 Å². The molecule has 0 aliphatic heterocycles. The summed E-state index contributed by atoms with van der Waals surface area (Å²) in [4.78, 5) is 6.06. The van der Waals surface area contributed by atoms with E-state index in [0.717, 1.165) is 11.4 Å². The molecule has 0 fully saturated rings. The normalized spacial score (nSPS) is 11.5. The maximum absolute atomic E-state index is 9.20. The minimum Gasteiger partial charge on any atom is -0.382 e. The van der Waals surface area contributed by atoms with Crippen LogP contribution in [0.25, 0.3) is 11.4 Å². The van der Waals surface area contributed by atoms with Crippen molar-refractivity contribution < 1.29 is 0 Å². The lowest BCUT2D eigenvalue weighted by Crippen LogP contribution is -2.05. The van der Waals surface area contributed by atoms with Crippen LogP contribution >= 0.6 is 0 Å². The van der Waals surface area contributed by atoms with E-state index in [1.54, 1.807) is 16.9 Å². The number of fused-ring (bicyclic) bond motifs is 1. The van der Waals surface area contributed by atoms with Gasteiger partial charge in [0, 0.05) is 26.0 Å². The van der Waals surface area contributed by atoms with Gasteiger partial charge in [-0.15, -0.1) is 10.2 Å². The zero-order chi connectivity index (χ0) is 12.4. The van der Waals surface area contributed by atoms with E-state index in [-0.39, 0.29) is 0 Å². The maximum atomic E-state index is 9.20. The highest BCUT2D eigenvalue weighted by Gasteiger charge is 2.09. The molecule has 0 bridgehead atoms. The predicted molar refractivity (Wildman–Crippen MR) is 62.8 cm³/mol. The van der Waals surface area contributed by atoms with Crippen LogP contribution in [0.1, 0.15) is 11.4 Å². The van der Waals surface area contributed by atoms with Crippen LogP contribution in [-0.4, -0.2) is 38.6 Å². The average Bonchev–Trinajstić information content (AvgIpc) is 2.72. The van der Waals surface area contributed by atoms with E-state index < -0.39 is 0 Å². The molecule has 0 saturated carbocycles. The van der Waals surface area contributed by atoms with E-state index in [2.05, 4.69) is 21.3 Å². The molecule has 0 atom stereocenters. The molecule has 2 aromatic rings. The van der Waals surface area contributed by atoms with Gasteiger partial charge in [0.05, 0.1) is 11.3 Å². The van der Waals surface area contributed by atoms with Gasteiger partial charge < -0.3 is 4.90 Å². The van der Waals surface area contributed by atoms with Crippen LogP contribution in [-0.2, 0) is 0 Å². The van der Waals surface area contributed by atoms with Crippen LogP contribution < -0.4 is 0 Å². The van der Waals surface area contributed by atoms with Gasteiger partial charge in [-0.3, -0.25) is 4.40 Å². The number of hydrogen-bond donors (Lipinski definition) is 0. The van der Waals surface area contributed by atoms with Gasteiger partial charge in [0.15, 0.2) is 0 Å². The summed E-state index contributed by atoms with van der Waals surface area (Å²) in [5.74, 6) is 0.500. The van der Waals surface area contributed by atoms with Gasteiger partial charge in [-0.05, 0) is 13.0 Å². The molecule has 2 heterocycles. The summed E-state index contributed by atoms with van der Waals surface area (Å²) in [6, 6.07) is 4.02. The summed E-state index contributed by atoms with van der Waals surface area (Å²) in [7, 11) is 3.74. The molecule has 6 nitrogen and oxygen atoms in total. The highest BCUT2D eigenvalue weighted by Crippen LogP contribution is 2.15. The van der Waals surface area contributed by atoms with Crippen molar-refractivity contribution in [3.63, 3.8) is 0 Å². The van der Waals surface area contributed by atoms with E-state index in [0.29, 0.717) is 11.4 Å². The Morgan fingerprint density at radius 1 is 1.53 bits per heavy atom. The smallest absolute Gasteiger partial charge is 0.255 e. The lowest BCUT2D eigenvalue weighted by Gasteiger charge is -2.08. The fourth-order valence-corrected chi connectivity index (χ4v) is 1.55. The Morgan fingerprint density at radius 3 is 2.94 bits per heavy atom. The Hall–Kier alpha value is -2.42. The van der Waals surface area contributed by atoms with Crippen LogP contribution in [0.15, 0.2) is 18.6 Å². The fourth-order valence-electron chi connectivity index (χ4n) is 1.55. The molecule has 0 aromatic carbocycles. The molecule has 0 N–H and O–H groups in total. The fraction of sp³-hybridized carbons (Fsp3) is 0.273. The SMILES string of the molecule is Cc1cc(/C(C#N)=C/N(C)C)n2cnnc2n1. The number of nitrogens with zero attached hydrogens (tertiary/aromatic N) is 6. The van der Waals surface area contributed by atoms with Crippen molar-refractivity contribution in [2.24, 2.45) is 0 Å². The molecule has 0 aliphatic rings. The second-order valence-electron chi connectivity index (χ2n) is 3.90. The maximum Gasteiger partial charge on any atom is 0.255 e. The largest absolute Gasteiger partial charge is 0.382 e. The third-order valence-electron chi connectivity index (χ3n) is 2.19. The first kappa shape index (κ1) is 11.1. The summed E-state index contributed by atoms with van der Waals surface area (Å²) in [5.41, 5.74) is 2.10. The Balaban J connectivity index is 2.69. The van der Waals surface area contributed by atoms with Gasteiger partial charge in [0.25, 0.3) is 5.78 Å². The quantitative estimate of drug-likeness (QED) is 0.713. The number of allylic oxidation sites excluding steroid dienone is 1. The van der Waals surface area contributed by atoms with E-state index in [1.165, 1.54) is 0 Å². The van der Waals surface area contributed by atoms with Crippen LogP contribution in [0.3, 0.4) is 0 Å². The Bertz CT molecular complexity index is 616. The zero-order valence-electron chi connectivity index (χ0n) is 9.92. The highest BCUT2D eigenvalue weighted by molar-refractivity contribution is 5.75. The zero-order valence-corrected chi connectivity index (χ0v) is 9.92. The molecule has 6 heteroatoms. The van der Waals surface area contributed by atoms with Crippen LogP contribution in [0.5, 0.6) is 0 Å². The number of hydrogen-bond acceptors (Lipinski definition) is 5. The Labute approximate surface area is 98.8 Å². The lowest BCUT2D eigenvalue weighted by molar-refractivity contribution is 0.566. The van der Waals surface area contributed by atoms with Gasteiger partial charge in [0.1, 0.15) is 12.4 Å². The van der Waals surface area contributed by atoms with Crippen molar-refractivity contribution in [2.45, 2.75) is 6.92 Å². The molecular formula is C11H12N6. The third kappa shape index (κ3) is 2.08. The second-order valence-corrected chi connectivity index (χ2v) is 3.90. The summed E-state index contributed by atoms with van der Waals surface area (Å²) in [6.07, 6.45) is 3.31. The number of aryl methyl sites for hydroxylation is 1. The van der Waals surface area contributed by atoms with Gasteiger partial charge in [-0.1, -0.05) is 0 Å². The summed E-state index contributed by atoms with van der Waals surface area (Å²) in [5, 5.41) is 16.9. The highest BCUT2D eigenvalue weighted by atomic mass is 15.3. The van der Waals surface area contributed by atoms with Crippen molar-refractivity contribution in [1.82, 2.24) is 24.5 Å². The monoisotopic (exact) mass is 228 g/mol. The molecule has 0 saturated heterocycles. The number of aromatic nitrogens is 4. The number of nitriles is 1. The first-order chi connectivity index (χ1) is 8.11. The van der Waals surface area contributed by atoms with Gasteiger partial charge in [0.2, 0.25) is 0 Å². The first-order valence-corrected chi connectivity index (χ1v) is 5.08. The molecule has 0 aliphatic carbocycles. The summed E-state index contributed by atoms with van der Waals surface area (Å²) < 4.78 is 1.70. The Kier molecular flexibility index (Phi) is 2.75. The van der Waals surface area contributed by atoms with Gasteiger partial charge in [-0.25, -0.2) is 4.98 Å². The molecule has 0 amide bonds. The second kappa shape index (κ2) is 4.22. The first-order valence-electron chi connectivity index (χ1n) is 5.08. The topological polar surface area (TPSA) is 70.1 Å². The van der Waals surface area contributed by atoms with Crippen molar-refractivity contribution in [3.05, 3.63) is 30.0 Å². The molecule has 0 unspecified atom stereocenters. The minimum absolute atomic E-state index is 0.500. The van der Waals surface area contributed by atoms with Crippen LogP contribution in [0, 0.1) is 18.3 Å². The van der Waals surface area contributed by atoms with Crippen molar-refractivity contribution in [2.75, 3.05) is 14.1 Å². The average molecular weight is 228 g/mol. The molecule has 0 radical (unpaired) electrons. The molecule has 2 aromatic heterocycles. The van der Waals surface area contributed by atoms with Crippen LogP contribution in [0.4, 0.5) is 0 Å². The van der Waals surface area contributed by atoms with E-state index in [4.69, 9.17) is 0 Å². The molecular weight excluding hydrogens is 216 g/mol. The van der Waals surface area contributed by atoms with Crippen molar-refractivity contribution >= 4 is 11.4 Å². The number of rotatable bonds is 2. The van der Waals surface area contributed by atoms with E-state index >= 15 is 0 Å². The lowest BCUT2D eigenvalue weighted by atomic mass is 10.2. The van der Waals surface area contributed by atoms with E-state index in [1.807, 2.05) is 32.0 Å². The summed E-state index contributed by atoms with van der Waals surface area (Å²) >= 11 is 0. The molecule has 2 rings (SSSR count). The van der Waals surface area contributed by atoms with Crippen molar-refractivity contribution in [3.8, 4) is 6.07 Å². The predicted octanol–water partition coefficient (Wildman–Crippen LogP) is 0.859. The van der Waals surface area contributed by atoms with Crippen LogP contribution in [0.2, 0.25) is 0 Å². The minimum atomic E-state index is 0.500. The molecule has 86 valence electrons. The van der Waals surface area contributed by atoms with E-state index in [9.17, 15) is 5.26 Å². The third-order valence-corrected chi connectivity index (χ3v) is 2.19. The standard InChI is InChI=1S/C11H12N6/c1-8-4-10(9(5-12)6-16(2)3)17-7-13-15-11(17)14-8/h4,6-7H,1-3H3/b9-6+. The molecule has 0 spiro atoms. The summed E-state index contributed by atoms with van der Waals surface area (Å²) in [6.45, 7) is 1.86.